The molecular formula is C15H21NO. The fourth-order valence-corrected chi connectivity index (χ4v) is 2.05. The zero-order chi connectivity index (χ0) is 12.1. The van der Waals surface area contributed by atoms with Gasteiger partial charge in [-0.3, -0.25) is 0 Å². The molecule has 0 radical (unpaired) electrons. The maximum Gasteiger partial charge on any atom is 0.120 e. The van der Waals surface area contributed by atoms with Crippen LogP contribution in [0.1, 0.15) is 32.3 Å². The van der Waals surface area contributed by atoms with E-state index in [4.69, 9.17) is 4.74 Å². The Morgan fingerprint density at radius 1 is 1.29 bits per heavy atom. The van der Waals surface area contributed by atoms with Gasteiger partial charge in [0, 0.05) is 12.6 Å². The van der Waals surface area contributed by atoms with E-state index in [1.807, 2.05) is 6.07 Å². The molecule has 0 atom stereocenters. The van der Waals surface area contributed by atoms with E-state index in [2.05, 4.69) is 49.5 Å². The minimum atomic E-state index is 0.234. The van der Waals surface area contributed by atoms with Gasteiger partial charge in [0.25, 0.3) is 0 Å². The molecule has 2 rings (SSSR count). The minimum Gasteiger partial charge on any atom is -0.491 e. The zero-order valence-electron chi connectivity index (χ0n) is 10.6. The lowest BCUT2D eigenvalue weighted by atomic mass is 10.2. The Balaban J connectivity index is 1.87. The Kier molecular flexibility index (Phi) is 4.21. The number of hydrogen-bond donors (Lipinski definition) is 1. The first-order valence-electron chi connectivity index (χ1n) is 6.38. The molecule has 0 aliphatic heterocycles. The molecule has 2 heteroatoms. The molecule has 0 amide bonds. The zero-order valence-corrected chi connectivity index (χ0v) is 10.6. The van der Waals surface area contributed by atoms with Crippen LogP contribution in [0.2, 0.25) is 0 Å². The monoisotopic (exact) mass is 231 g/mol. The first-order valence-corrected chi connectivity index (χ1v) is 6.38. The summed E-state index contributed by atoms with van der Waals surface area (Å²) >= 11 is 0. The van der Waals surface area contributed by atoms with E-state index in [0.717, 1.165) is 25.1 Å². The highest BCUT2D eigenvalue weighted by molar-refractivity contribution is 5.28. The Morgan fingerprint density at radius 2 is 2.06 bits per heavy atom. The van der Waals surface area contributed by atoms with Crippen molar-refractivity contribution in [1.29, 1.82) is 0 Å². The van der Waals surface area contributed by atoms with Gasteiger partial charge in [-0.05, 0) is 44.4 Å². The Hall–Kier alpha value is -1.28. The summed E-state index contributed by atoms with van der Waals surface area (Å²) in [5.41, 5.74) is 1.29. The normalized spacial score (nSPS) is 15.7. The third-order valence-corrected chi connectivity index (χ3v) is 2.87. The van der Waals surface area contributed by atoms with E-state index in [0.29, 0.717) is 6.04 Å². The van der Waals surface area contributed by atoms with Gasteiger partial charge in [0.15, 0.2) is 0 Å². The van der Waals surface area contributed by atoms with Crippen LogP contribution < -0.4 is 10.1 Å². The van der Waals surface area contributed by atoms with Crippen LogP contribution in [0, 0.1) is 0 Å². The van der Waals surface area contributed by atoms with E-state index in [1.165, 1.54) is 5.56 Å². The van der Waals surface area contributed by atoms with Crippen molar-refractivity contribution in [3.8, 4) is 5.75 Å². The van der Waals surface area contributed by atoms with Crippen molar-refractivity contribution in [2.45, 2.75) is 45.4 Å². The number of ether oxygens (including phenoxy) is 1. The highest BCUT2D eigenvalue weighted by Gasteiger charge is 2.09. The summed E-state index contributed by atoms with van der Waals surface area (Å²) in [4.78, 5) is 0. The summed E-state index contributed by atoms with van der Waals surface area (Å²) < 4.78 is 5.69. The van der Waals surface area contributed by atoms with Gasteiger partial charge in [-0.25, -0.2) is 0 Å². The van der Waals surface area contributed by atoms with Gasteiger partial charge < -0.3 is 10.1 Å². The maximum absolute atomic E-state index is 5.69. The summed E-state index contributed by atoms with van der Waals surface area (Å²) in [6.07, 6.45) is 7.04. The molecule has 1 aliphatic carbocycles. The van der Waals surface area contributed by atoms with Crippen LogP contribution in [0.4, 0.5) is 0 Å². The summed E-state index contributed by atoms with van der Waals surface area (Å²) in [5.74, 6) is 0.962. The Morgan fingerprint density at radius 3 is 2.76 bits per heavy atom. The predicted octanol–water partition coefficient (Wildman–Crippen LogP) is 3.28. The predicted molar refractivity (Wildman–Crippen MR) is 71.2 cm³/mol. The van der Waals surface area contributed by atoms with Crippen molar-refractivity contribution < 1.29 is 4.74 Å². The lowest BCUT2D eigenvalue weighted by Gasteiger charge is -2.14. The first-order chi connectivity index (χ1) is 8.24. The van der Waals surface area contributed by atoms with Crippen LogP contribution in [0.15, 0.2) is 36.4 Å². The molecule has 0 spiro atoms. The van der Waals surface area contributed by atoms with Crippen molar-refractivity contribution >= 4 is 0 Å². The van der Waals surface area contributed by atoms with Crippen LogP contribution in [0.3, 0.4) is 0 Å². The van der Waals surface area contributed by atoms with Gasteiger partial charge in [0.2, 0.25) is 0 Å². The topological polar surface area (TPSA) is 21.3 Å². The minimum absolute atomic E-state index is 0.234. The molecule has 17 heavy (non-hydrogen) atoms. The molecule has 1 aliphatic rings. The van der Waals surface area contributed by atoms with Gasteiger partial charge in [-0.1, -0.05) is 24.3 Å². The van der Waals surface area contributed by atoms with Crippen molar-refractivity contribution in [3.05, 3.63) is 42.0 Å². The molecular weight excluding hydrogens is 210 g/mol. The van der Waals surface area contributed by atoms with Crippen LogP contribution in [0.25, 0.3) is 0 Å². The molecule has 2 nitrogen and oxygen atoms in total. The largest absolute Gasteiger partial charge is 0.491 e. The summed E-state index contributed by atoms with van der Waals surface area (Å²) in [5, 5.41) is 3.56. The highest BCUT2D eigenvalue weighted by Crippen LogP contribution is 2.16. The quantitative estimate of drug-likeness (QED) is 0.785. The second-order valence-corrected chi connectivity index (χ2v) is 4.83. The maximum atomic E-state index is 5.69. The molecule has 0 fully saturated rings. The molecule has 0 bridgehead atoms. The van der Waals surface area contributed by atoms with Crippen LogP contribution in [-0.4, -0.2) is 12.1 Å². The summed E-state index contributed by atoms with van der Waals surface area (Å²) in [6, 6.07) is 8.95. The lowest BCUT2D eigenvalue weighted by Crippen LogP contribution is -2.25. The number of nitrogens with one attached hydrogen (secondary N) is 1. The van der Waals surface area contributed by atoms with Crippen LogP contribution >= 0.6 is 0 Å². The molecule has 0 saturated heterocycles. The second kappa shape index (κ2) is 5.87. The molecule has 0 heterocycles. The van der Waals surface area contributed by atoms with Gasteiger partial charge in [-0.2, -0.15) is 0 Å². The molecule has 1 aromatic carbocycles. The standard InChI is InChI=1S/C15H21NO/c1-12(2)17-15-9-5-6-13(10-15)11-16-14-7-3-4-8-14/h3-6,9-10,12,14,16H,7-8,11H2,1-2H3. The Labute approximate surface area is 104 Å². The third kappa shape index (κ3) is 3.90. The average Bonchev–Trinajstić information content (AvgIpc) is 2.79. The van der Waals surface area contributed by atoms with Gasteiger partial charge in [0.05, 0.1) is 6.10 Å². The van der Waals surface area contributed by atoms with Gasteiger partial charge >= 0.3 is 0 Å². The number of hydrogen-bond acceptors (Lipinski definition) is 2. The van der Waals surface area contributed by atoms with E-state index in [9.17, 15) is 0 Å². The lowest BCUT2D eigenvalue weighted by molar-refractivity contribution is 0.242. The van der Waals surface area contributed by atoms with E-state index in [1.54, 1.807) is 0 Å². The number of rotatable bonds is 5. The molecule has 0 saturated carbocycles. The van der Waals surface area contributed by atoms with E-state index in [-0.39, 0.29) is 6.10 Å². The number of benzene rings is 1. The SMILES string of the molecule is CC(C)Oc1cccc(CNC2CC=CC2)c1. The van der Waals surface area contributed by atoms with Crippen molar-refractivity contribution in [1.82, 2.24) is 5.32 Å². The van der Waals surface area contributed by atoms with E-state index >= 15 is 0 Å². The molecule has 1 aromatic rings. The average molecular weight is 231 g/mol. The fourth-order valence-electron chi connectivity index (χ4n) is 2.05. The molecule has 92 valence electrons. The molecule has 0 unspecified atom stereocenters. The third-order valence-electron chi connectivity index (χ3n) is 2.87. The smallest absolute Gasteiger partial charge is 0.120 e. The van der Waals surface area contributed by atoms with Crippen molar-refractivity contribution in [2.24, 2.45) is 0 Å². The van der Waals surface area contributed by atoms with Gasteiger partial charge in [0.1, 0.15) is 5.75 Å². The van der Waals surface area contributed by atoms with Crippen LogP contribution in [-0.2, 0) is 6.54 Å². The Bertz CT molecular complexity index is 376. The highest BCUT2D eigenvalue weighted by atomic mass is 16.5. The summed E-state index contributed by atoms with van der Waals surface area (Å²) in [6.45, 7) is 5.02. The summed E-state index contributed by atoms with van der Waals surface area (Å²) in [7, 11) is 0. The van der Waals surface area contributed by atoms with Crippen molar-refractivity contribution in [3.63, 3.8) is 0 Å². The second-order valence-electron chi connectivity index (χ2n) is 4.83. The van der Waals surface area contributed by atoms with Crippen molar-refractivity contribution in [2.75, 3.05) is 0 Å². The molecule has 1 N–H and O–H groups in total. The van der Waals surface area contributed by atoms with E-state index < -0.39 is 0 Å². The van der Waals surface area contributed by atoms with Crippen LogP contribution in [0.5, 0.6) is 5.75 Å². The fraction of sp³-hybridized carbons (Fsp3) is 0.467. The molecule has 0 aromatic heterocycles. The van der Waals surface area contributed by atoms with Gasteiger partial charge in [-0.15, -0.1) is 0 Å². The first kappa shape index (κ1) is 12.2.